The van der Waals surface area contributed by atoms with Crippen molar-refractivity contribution >= 4 is 0 Å². The molecule has 1 aromatic heterocycles. The molecule has 66 valence electrons. The molecular weight excluding hydrogens is 150 g/mol. The summed E-state index contributed by atoms with van der Waals surface area (Å²) in [4.78, 5) is 0. The first-order valence-corrected chi connectivity index (χ1v) is 4.48. The third-order valence-corrected chi connectivity index (χ3v) is 2.57. The molecule has 0 aromatic carbocycles. The second-order valence-corrected chi connectivity index (χ2v) is 3.53. The molecule has 0 atom stereocenters. The van der Waals surface area contributed by atoms with Crippen molar-refractivity contribution in [3.05, 3.63) is 17.0 Å². The Balaban J connectivity index is 2.42. The lowest BCUT2D eigenvalue weighted by Crippen LogP contribution is -2.01. The molecule has 1 heterocycles. The largest absolute Gasteiger partial charge is 0.326 e. The molecule has 0 saturated heterocycles. The topological polar surface area (TPSA) is 43.8 Å². The average molecular weight is 165 g/mol. The summed E-state index contributed by atoms with van der Waals surface area (Å²) < 4.78 is 2.14. The van der Waals surface area contributed by atoms with Crippen molar-refractivity contribution < 1.29 is 0 Å². The van der Waals surface area contributed by atoms with Gasteiger partial charge in [0, 0.05) is 17.8 Å². The smallest absolute Gasteiger partial charge is 0.0641 e. The second kappa shape index (κ2) is 2.59. The lowest BCUT2D eigenvalue weighted by molar-refractivity contribution is 0.616. The van der Waals surface area contributed by atoms with Gasteiger partial charge < -0.3 is 5.73 Å². The zero-order valence-corrected chi connectivity index (χ0v) is 7.67. The van der Waals surface area contributed by atoms with Gasteiger partial charge in [-0.2, -0.15) is 5.10 Å². The Morgan fingerprint density at radius 2 is 2.17 bits per heavy atom. The molecule has 12 heavy (non-hydrogen) atoms. The van der Waals surface area contributed by atoms with E-state index in [0.29, 0.717) is 12.6 Å². The van der Waals surface area contributed by atoms with Crippen LogP contribution in [0.5, 0.6) is 0 Å². The Labute approximate surface area is 72.6 Å². The van der Waals surface area contributed by atoms with Gasteiger partial charge in [-0.05, 0) is 26.7 Å². The van der Waals surface area contributed by atoms with E-state index in [-0.39, 0.29) is 0 Å². The highest BCUT2D eigenvalue weighted by Crippen LogP contribution is 2.36. The molecule has 1 aromatic rings. The van der Waals surface area contributed by atoms with E-state index in [1.54, 1.807) is 0 Å². The molecule has 1 fully saturated rings. The first-order chi connectivity index (χ1) is 5.74. The Hall–Kier alpha value is -0.830. The number of aromatic nitrogens is 2. The Morgan fingerprint density at radius 1 is 1.50 bits per heavy atom. The van der Waals surface area contributed by atoms with E-state index in [0.717, 1.165) is 5.69 Å². The van der Waals surface area contributed by atoms with Gasteiger partial charge in [-0.3, -0.25) is 4.68 Å². The van der Waals surface area contributed by atoms with Crippen molar-refractivity contribution in [3.8, 4) is 0 Å². The summed E-state index contributed by atoms with van der Waals surface area (Å²) in [5.74, 6) is 0. The third-order valence-electron chi connectivity index (χ3n) is 2.57. The van der Waals surface area contributed by atoms with Crippen LogP contribution in [0.25, 0.3) is 0 Å². The number of rotatable bonds is 2. The number of hydrogen-bond acceptors (Lipinski definition) is 2. The minimum atomic E-state index is 0.615. The van der Waals surface area contributed by atoms with Crippen molar-refractivity contribution in [3.63, 3.8) is 0 Å². The zero-order valence-electron chi connectivity index (χ0n) is 7.67. The monoisotopic (exact) mass is 165 g/mol. The van der Waals surface area contributed by atoms with Crippen LogP contribution in [0.3, 0.4) is 0 Å². The Morgan fingerprint density at radius 3 is 2.58 bits per heavy atom. The van der Waals surface area contributed by atoms with E-state index >= 15 is 0 Å². The normalized spacial score (nSPS) is 16.9. The second-order valence-electron chi connectivity index (χ2n) is 3.53. The summed E-state index contributed by atoms with van der Waals surface area (Å²) in [5.41, 5.74) is 9.22. The molecule has 3 nitrogen and oxygen atoms in total. The van der Waals surface area contributed by atoms with E-state index in [9.17, 15) is 0 Å². The zero-order chi connectivity index (χ0) is 8.72. The maximum absolute atomic E-state index is 5.63. The molecule has 1 aliphatic rings. The highest BCUT2D eigenvalue weighted by atomic mass is 15.3. The van der Waals surface area contributed by atoms with Gasteiger partial charge >= 0.3 is 0 Å². The van der Waals surface area contributed by atoms with E-state index in [2.05, 4.69) is 16.7 Å². The van der Waals surface area contributed by atoms with Crippen LogP contribution >= 0.6 is 0 Å². The molecular formula is C9H15N3. The van der Waals surface area contributed by atoms with Crippen LogP contribution in [0, 0.1) is 13.8 Å². The lowest BCUT2D eigenvalue weighted by Gasteiger charge is -2.00. The Bertz CT molecular complexity index is 297. The molecule has 2 N–H and O–H groups in total. The van der Waals surface area contributed by atoms with Crippen LogP contribution in [-0.4, -0.2) is 9.78 Å². The molecule has 0 spiro atoms. The summed E-state index contributed by atoms with van der Waals surface area (Å²) in [6, 6.07) is 0.670. The highest BCUT2D eigenvalue weighted by Gasteiger charge is 2.27. The molecule has 0 amide bonds. The van der Waals surface area contributed by atoms with E-state index in [1.807, 2.05) is 6.92 Å². The van der Waals surface area contributed by atoms with Gasteiger partial charge in [0.25, 0.3) is 0 Å². The Kier molecular flexibility index (Phi) is 1.68. The van der Waals surface area contributed by atoms with Crippen molar-refractivity contribution in [2.75, 3.05) is 0 Å². The van der Waals surface area contributed by atoms with Gasteiger partial charge in [0.15, 0.2) is 0 Å². The predicted octanol–water partition coefficient (Wildman–Crippen LogP) is 1.29. The van der Waals surface area contributed by atoms with Crippen LogP contribution in [-0.2, 0) is 6.54 Å². The van der Waals surface area contributed by atoms with Crippen molar-refractivity contribution in [1.29, 1.82) is 0 Å². The van der Waals surface area contributed by atoms with E-state index in [1.165, 1.54) is 24.1 Å². The van der Waals surface area contributed by atoms with Gasteiger partial charge in [-0.15, -0.1) is 0 Å². The average Bonchev–Trinajstić information content (AvgIpc) is 2.80. The van der Waals surface area contributed by atoms with Gasteiger partial charge in [-0.1, -0.05) is 0 Å². The van der Waals surface area contributed by atoms with Crippen LogP contribution in [0.15, 0.2) is 0 Å². The number of aryl methyl sites for hydroxylation is 1. The van der Waals surface area contributed by atoms with Crippen LogP contribution in [0.4, 0.5) is 0 Å². The SMILES string of the molecule is Cc1nn(C2CC2)c(C)c1CN. The number of nitrogens with zero attached hydrogens (tertiary/aromatic N) is 2. The van der Waals surface area contributed by atoms with Crippen molar-refractivity contribution in [1.82, 2.24) is 9.78 Å². The molecule has 2 rings (SSSR count). The highest BCUT2D eigenvalue weighted by molar-refractivity contribution is 5.25. The first kappa shape index (κ1) is 7.80. The number of hydrogen-bond donors (Lipinski definition) is 1. The van der Waals surface area contributed by atoms with Gasteiger partial charge in [0.05, 0.1) is 11.7 Å². The van der Waals surface area contributed by atoms with Gasteiger partial charge in [-0.25, -0.2) is 0 Å². The maximum atomic E-state index is 5.63. The van der Waals surface area contributed by atoms with Crippen molar-refractivity contribution in [2.45, 2.75) is 39.3 Å². The fourth-order valence-corrected chi connectivity index (χ4v) is 1.67. The molecule has 0 unspecified atom stereocenters. The third kappa shape index (κ3) is 1.05. The van der Waals surface area contributed by atoms with Crippen LogP contribution in [0.2, 0.25) is 0 Å². The van der Waals surface area contributed by atoms with Crippen LogP contribution in [0.1, 0.15) is 35.8 Å². The van der Waals surface area contributed by atoms with Gasteiger partial charge in [0.1, 0.15) is 0 Å². The standard InChI is InChI=1S/C9H15N3/c1-6-9(5-10)7(2)12(11-6)8-3-4-8/h8H,3-5,10H2,1-2H3. The number of nitrogens with two attached hydrogens (primary N) is 1. The maximum Gasteiger partial charge on any atom is 0.0641 e. The molecule has 3 heteroatoms. The molecule has 1 saturated carbocycles. The summed E-state index contributed by atoms with van der Waals surface area (Å²) in [7, 11) is 0. The summed E-state index contributed by atoms with van der Waals surface area (Å²) in [5, 5.41) is 4.48. The molecule has 1 aliphatic carbocycles. The van der Waals surface area contributed by atoms with E-state index in [4.69, 9.17) is 5.73 Å². The summed E-state index contributed by atoms with van der Waals surface area (Å²) >= 11 is 0. The molecule has 0 aliphatic heterocycles. The lowest BCUT2D eigenvalue weighted by atomic mass is 10.2. The fourth-order valence-electron chi connectivity index (χ4n) is 1.67. The minimum absolute atomic E-state index is 0.615. The van der Waals surface area contributed by atoms with Gasteiger partial charge in [0.2, 0.25) is 0 Å². The summed E-state index contributed by atoms with van der Waals surface area (Å²) in [6.07, 6.45) is 2.57. The summed E-state index contributed by atoms with van der Waals surface area (Å²) in [6.45, 7) is 4.76. The van der Waals surface area contributed by atoms with Crippen molar-refractivity contribution in [2.24, 2.45) is 5.73 Å². The quantitative estimate of drug-likeness (QED) is 0.717. The fraction of sp³-hybridized carbons (Fsp3) is 0.667. The predicted molar refractivity (Wildman–Crippen MR) is 47.9 cm³/mol. The minimum Gasteiger partial charge on any atom is -0.326 e. The molecule has 0 bridgehead atoms. The molecule has 0 radical (unpaired) electrons. The van der Waals surface area contributed by atoms with Crippen LogP contribution < -0.4 is 5.73 Å². The first-order valence-electron chi connectivity index (χ1n) is 4.48. The van der Waals surface area contributed by atoms with E-state index < -0.39 is 0 Å².